The van der Waals surface area contributed by atoms with Gasteiger partial charge in [0.05, 0.1) is 5.69 Å². The monoisotopic (exact) mass is 279 g/mol. The predicted molar refractivity (Wildman–Crippen MR) is 77.7 cm³/mol. The first-order valence-electron chi connectivity index (χ1n) is 7.29. The quantitative estimate of drug-likeness (QED) is 0.923. The third kappa shape index (κ3) is 2.24. The number of likely N-dealkylation sites (tertiary alicyclic amines) is 1. The summed E-state index contributed by atoms with van der Waals surface area (Å²) in [5.74, 6) is -0.719. The molecule has 20 heavy (non-hydrogen) atoms. The molecule has 112 valence electrons. The van der Waals surface area contributed by atoms with Crippen LogP contribution in [0.5, 0.6) is 0 Å². The van der Waals surface area contributed by atoms with Crippen LogP contribution in [0.2, 0.25) is 0 Å². The molecule has 5 heteroatoms. The molecule has 0 bridgehead atoms. The SMILES string of the molecule is Cc1nn(C)c(C)c1C(C)N1CCCCC1(C)C(=O)O. The van der Waals surface area contributed by atoms with Gasteiger partial charge < -0.3 is 5.11 Å². The van der Waals surface area contributed by atoms with E-state index in [-0.39, 0.29) is 6.04 Å². The van der Waals surface area contributed by atoms with Crippen molar-refractivity contribution in [3.8, 4) is 0 Å². The van der Waals surface area contributed by atoms with Crippen molar-refractivity contribution in [1.29, 1.82) is 0 Å². The van der Waals surface area contributed by atoms with E-state index in [1.807, 2.05) is 32.5 Å². The third-order valence-corrected chi connectivity index (χ3v) is 4.86. The highest BCUT2D eigenvalue weighted by molar-refractivity contribution is 5.78. The summed E-state index contributed by atoms with van der Waals surface area (Å²) < 4.78 is 1.88. The number of nitrogens with zero attached hydrogens (tertiary/aromatic N) is 3. The van der Waals surface area contributed by atoms with E-state index in [0.29, 0.717) is 6.42 Å². The molecule has 2 rings (SSSR count). The van der Waals surface area contributed by atoms with Gasteiger partial charge in [-0.15, -0.1) is 0 Å². The maximum absolute atomic E-state index is 11.7. The van der Waals surface area contributed by atoms with E-state index in [1.54, 1.807) is 0 Å². The van der Waals surface area contributed by atoms with Crippen LogP contribution >= 0.6 is 0 Å². The highest BCUT2D eigenvalue weighted by atomic mass is 16.4. The van der Waals surface area contributed by atoms with E-state index >= 15 is 0 Å². The molecule has 2 heterocycles. The average molecular weight is 279 g/mol. The van der Waals surface area contributed by atoms with E-state index in [2.05, 4.69) is 16.9 Å². The zero-order chi connectivity index (χ0) is 15.1. The molecular weight excluding hydrogens is 254 g/mol. The number of aryl methyl sites for hydroxylation is 2. The second-order valence-electron chi connectivity index (χ2n) is 6.11. The molecule has 1 fully saturated rings. The molecule has 2 unspecified atom stereocenters. The number of aliphatic carboxylic acids is 1. The lowest BCUT2D eigenvalue weighted by molar-refractivity contribution is -0.155. The van der Waals surface area contributed by atoms with E-state index in [1.165, 1.54) is 5.56 Å². The van der Waals surface area contributed by atoms with Gasteiger partial charge in [-0.1, -0.05) is 0 Å². The molecule has 0 radical (unpaired) electrons. The van der Waals surface area contributed by atoms with Crippen LogP contribution in [0.1, 0.15) is 56.1 Å². The maximum Gasteiger partial charge on any atom is 0.323 e. The van der Waals surface area contributed by atoms with Crippen molar-refractivity contribution in [1.82, 2.24) is 14.7 Å². The number of hydrogen-bond donors (Lipinski definition) is 1. The topological polar surface area (TPSA) is 58.4 Å². The Kier molecular flexibility index (Phi) is 3.91. The Hall–Kier alpha value is -1.36. The van der Waals surface area contributed by atoms with Crippen LogP contribution in [0.3, 0.4) is 0 Å². The molecule has 0 saturated carbocycles. The summed E-state index contributed by atoms with van der Waals surface area (Å²) in [5.41, 5.74) is 2.51. The molecule has 1 aliphatic heterocycles. The molecule has 1 N–H and O–H groups in total. The van der Waals surface area contributed by atoms with Crippen LogP contribution in [-0.4, -0.2) is 37.8 Å². The van der Waals surface area contributed by atoms with Crippen molar-refractivity contribution in [2.75, 3.05) is 6.54 Å². The van der Waals surface area contributed by atoms with Gasteiger partial charge in [0.2, 0.25) is 0 Å². The van der Waals surface area contributed by atoms with Crippen molar-refractivity contribution in [3.05, 3.63) is 17.0 Å². The fraction of sp³-hybridized carbons (Fsp3) is 0.733. The van der Waals surface area contributed by atoms with E-state index < -0.39 is 11.5 Å². The molecule has 0 aliphatic carbocycles. The zero-order valence-electron chi connectivity index (χ0n) is 13.1. The fourth-order valence-electron chi connectivity index (χ4n) is 3.54. The molecule has 1 saturated heterocycles. The van der Waals surface area contributed by atoms with Gasteiger partial charge in [-0.25, -0.2) is 0 Å². The lowest BCUT2D eigenvalue weighted by atomic mass is 9.85. The molecule has 2 atom stereocenters. The largest absolute Gasteiger partial charge is 0.480 e. The number of aromatic nitrogens is 2. The number of carboxylic acid groups (broad SMARTS) is 1. The number of carbonyl (C=O) groups is 1. The summed E-state index contributed by atoms with van der Waals surface area (Å²) in [5, 5.41) is 14.1. The number of rotatable bonds is 3. The van der Waals surface area contributed by atoms with Crippen LogP contribution < -0.4 is 0 Å². The van der Waals surface area contributed by atoms with Gasteiger partial charge in [0.1, 0.15) is 5.54 Å². The molecule has 0 spiro atoms. The smallest absolute Gasteiger partial charge is 0.323 e. The van der Waals surface area contributed by atoms with Crippen molar-refractivity contribution < 1.29 is 9.90 Å². The summed E-state index contributed by atoms with van der Waals surface area (Å²) in [6.45, 7) is 8.84. The Labute approximate surface area is 120 Å². The van der Waals surface area contributed by atoms with Crippen LogP contribution in [0.4, 0.5) is 0 Å². The third-order valence-electron chi connectivity index (χ3n) is 4.86. The van der Waals surface area contributed by atoms with Gasteiger partial charge in [-0.05, 0) is 53.5 Å². The van der Waals surface area contributed by atoms with Gasteiger partial charge in [-0.2, -0.15) is 5.10 Å². The zero-order valence-corrected chi connectivity index (χ0v) is 13.1. The van der Waals surface area contributed by atoms with Crippen molar-refractivity contribution >= 4 is 5.97 Å². The van der Waals surface area contributed by atoms with E-state index in [4.69, 9.17) is 0 Å². The van der Waals surface area contributed by atoms with Crippen LogP contribution in [0.25, 0.3) is 0 Å². The molecule has 1 aliphatic rings. The normalized spacial score (nSPS) is 25.6. The van der Waals surface area contributed by atoms with Crippen LogP contribution in [-0.2, 0) is 11.8 Å². The van der Waals surface area contributed by atoms with Crippen molar-refractivity contribution in [3.63, 3.8) is 0 Å². The molecule has 0 aromatic carbocycles. The Morgan fingerprint density at radius 3 is 2.55 bits per heavy atom. The number of hydrogen-bond acceptors (Lipinski definition) is 3. The Morgan fingerprint density at radius 2 is 2.05 bits per heavy atom. The minimum atomic E-state index is -0.771. The first-order chi connectivity index (χ1) is 9.29. The summed E-state index contributed by atoms with van der Waals surface area (Å²) in [6, 6.07) is 0.0742. The molecule has 5 nitrogen and oxygen atoms in total. The van der Waals surface area contributed by atoms with Crippen molar-refractivity contribution in [2.45, 2.75) is 58.5 Å². The number of piperidine rings is 1. The lowest BCUT2D eigenvalue weighted by Gasteiger charge is -2.45. The van der Waals surface area contributed by atoms with E-state index in [9.17, 15) is 9.90 Å². The minimum Gasteiger partial charge on any atom is -0.480 e. The van der Waals surface area contributed by atoms with E-state index in [0.717, 1.165) is 30.8 Å². The summed E-state index contributed by atoms with van der Waals surface area (Å²) in [7, 11) is 1.94. The highest BCUT2D eigenvalue weighted by Gasteiger charge is 2.44. The summed E-state index contributed by atoms with van der Waals surface area (Å²) in [6.07, 6.45) is 2.76. The molecule has 1 aromatic heterocycles. The van der Waals surface area contributed by atoms with Gasteiger partial charge in [-0.3, -0.25) is 14.4 Å². The second-order valence-corrected chi connectivity index (χ2v) is 6.11. The lowest BCUT2D eigenvalue weighted by Crippen LogP contribution is -2.55. The molecule has 0 amide bonds. The Balaban J connectivity index is 2.40. The van der Waals surface area contributed by atoms with Gasteiger partial charge in [0.25, 0.3) is 0 Å². The summed E-state index contributed by atoms with van der Waals surface area (Å²) >= 11 is 0. The first kappa shape index (κ1) is 15.0. The summed E-state index contributed by atoms with van der Waals surface area (Å²) in [4.78, 5) is 13.9. The average Bonchev–Trinajstić information content (AvgIpc) is 2.63. The van der Waals surface area contributed by atoms with Gasteiger partial charge in [0, 0.05) is 24.3 Å². The minimum absolute atomic E-state index is 0.0742. The Bertz CT molecular complexity index is 523. The van der Waals surface area contributed by atoms with Crippen molar-refractivity contribution in [2.24, 2.45) is 7.05 Å². The first-order valence-corrected chi connectivity index (χ1v) is 7.29. The van der Waals surface area contributed by atoms with Gasteiger partial charge in [0.15, 0.2) is 0 Å². The highest BCUT2D eigenvalue weighted by Crippen LogP contribution is 2.37. The van der Waals surface area contributed by atoms with Crippen LogP contribution in [0, 0.1) is 13.8 Å². The predicted octanol–water partition coefficient (Wildman–Crippen LogP) is 2.43. The number of carboxylic acids is 1. The second kappa shape index (κ2) is 5.20. The standard InChI is InChI=1S/C15H25N3O2/c1-10-13(11(2)17(5)16-10)12(3)18-9-7-6-8-15(18,4)14(19)20/h12H,6-9H2,1-5H3,(H,19,20). The molecular formula is C15H25N3O2. The molecule has 1 aromatic rings. The maximum atomic E-state index is 11.7. The fourth-order valence-corrected chi connectivity index (χ4v) is 3.54. The Morgan fingerprint density at radius 1 is 1.40 bits per heavy atom. The van der Waals surface area contributed by atoms with Crippen LogP contribution in [0.15, 0.2) is 0 Å². The van der Waals surface area contributed by atoms with Gasteiger partial charge >= 0.3 is 5.97 Å².